The fraction of sp³-hybridized carbons (Fsp3) is 0.286. The van der Waals surface area contributed by atoms with Crippen molar-refractivity contribution in [2.24, 2.45) is 0 Å². The molecule has 0 aliphatic carbocycles. The van der Waals surface area contributed by atoms with Gasteiger partial charge in [0.25, 0.3) is 5.89 Å². The zero-order valence-electron chi connectivity index (χ0n) is 12.9. The van der Waals surface area contributed by atoms with Crippen LogP contribution in [-0.4, -0.2) is 42.4 Å². The lowest BCUT2D eigenvalue weighted by molar-refractivity contribution is 0.399. The smallest absolute Gasteiger partial charge is 0.258 e. The van der Waals surface area contributed by atoms with Crippen LogP contribution in [0.25, 0.3) is 17.0 Å². The average Bonchev–Trinajstić information content (AvgIpc) is 3.23. The second-order valence-corrected chi connectivity index (χ2v) is 5.32. The fourth-order valence-electron chi connectivity index (χ4n) is 2.70. The number of rotatable bonds is 2. The first kappa shape index (κ1) is 13.6. The number of tetrazole rings is 1. The summed E-state index contributed by atoms with van der Waals surface area (Å²) >= 11 is 0. The normalized spacial score (nSPS) is 17.5. The van der Waals surface area contributed by atoms with Crippen molar-refractivity contribution < 1.29 is 4.52 Å². The Kier molecular flexibility index (Phi) is 2.93. The minimum absolute atomic E-state index is 0.0954. The zero-order chi connectivity index (χ0) is 16.0. The van der Waals surface area contributed by atoms with Crippen molar-refractivity contribution in [2.45, 2.75) is 19.9 Å². The molecule has 0 amide bonds. The van der Waals surface area contributed by atoms with E-state index in [0.29, 0.717) is 17.7 Å². The SMILES string of the molecule is CC1=C(c2nc(-c3ccncc3)no2)C(C)n2nnnc2N1C. The van der Waals surface area contributed by atoms with Gasteiger partial charge in [0.15, 0.2) is 0 Å². The third-order valence-electron chi connectivity index (χ3n) is 4.05. The topological polar surface area (TPSA) is 98.6 Å². The Balaban J connectivity index is 1.79. The van der Waals surface area contributed by atoms with E-state index in [4.69, 9.17) is 4.52 Å². The molecule has 3 aromatic rings. The van der Waals surface area contributed by atoms with E-state index < -0.39 is 0 Å². The summed E-state index contributed by atoms with van der Waals surface area (Å²) in [5, 5.41) is 15.9. The van der Waals surface area contributed by atoms with Crippen molar-refractivity contribution in [1.29, 1.82) is 0 Å². The number of aromatic nitrogens is 7. The second kappa shape index (κ2) is 4.97. The third-order valence-corrected chi connectivity index (χ3v) is 4.05. The molecule has 1 aliphatic heterocycles. The summed E-state index contributed by atoms with van der Waals surface area (Å²) in [7, 11) is 1.91. The average molecular weight is 310 g/mol. The van der Waals surface area contributed by atoms with Gasteiger partial charge in [0.1, 0.15) is 0 Å². The largest absolute Gasteiger partial charge is 0.334 e. The Labute approximate surface area is 131 Å². The first-order valence-corrected chi connectivity index (χ1v) is 7.13. The van der Waals surface area contributed by atoms with E-state index >= 15 is 0 Å². The highest BCUT2D eigenvalue weighted by molar-refractivity contribution is 5.72. The highest BCUT2D eigenvalue weighted by atomic mass is 16.5. The van der Waals surface area contributed by atoms with E-state index in [1.807, 2.05) is 37.9 Å². The van der Waals surface area contributed by atoms with Crippen molar-refractivity contribution in [3.8, 4) is 11.4 Å². The number of fused-ring (bicyclic) bond motifs is 1. The van der Waals surface area contributed by atoms with Gasteiger partial charge in [-0.25, -0.2) is 4.68 Å². The van der Waals surface area contributed by atoms with Crippen LogP contribution in [0, 0.1) is 0 Å². The van der Waals surface area contributed by atoms with Crippen LogP contribution < -0.4 is 4.90 Å². The monoisotopic (exact) mass is 310 g/mol. The number of nitrogens with zero attached hydrogens (tertiary/aromatic N) is 8. The predicted molar refractivity (Wildman–Crippen MR) is 81.1 cm³/mol. The molecule has 0 aromatic carbocycles. The van der Waals surface area contributed by atoms with Gasteiger partial charge >= 0.3 is 0 Å². The second-order valence-electron chi connectivity index (χ2n) is 5.32. The van der Waals surface area contributed by atoms with E-state index in [1.165, 1.54) is 0 Å². The Morgan fingerprint density at radius 3 is 2.78 bits per heavy atom. The van der Waals surface area contributed by atoms with Crippen LogP contribution in [-0.2, 0) is 0 Å². The molecular weight excluding hydrogens is 296 g/mol. The molecule has 0 saturated carbocycles. The minimum atomic E-state index is -0.0954. The van der Waals surface area contributed by atoms with Gasteiger partial charge < -0.3 is 9.42 Å². The quantitative estimate of drug-likeness (QED) is 0.703. The van der Waals surface area contributed by atoms with E-state index in [9.17, 15) is 0 Å². The maximum Gasteiger partial charge on any atom is 0.258 e. The lowest BCUT2D eigenvalue weighted by Gasteiger charge is -2.29. The highest BCUT2D eigenvalue weighted by Gasteiger charge is 2.32. The van der Waals surface area contributed by atoms with Gasteiger partial charge in [-0.3, -0.25) is 4.98 Å². The van der Waals surface area contributed by atoms with Crippen molar-refractivity contribution in [3.63, 3.8) is 0 Å². The van der Waals surface area contributed by atoms with E-state index in [-0.39, 0.29) is 6.04 Å². The van der Waals surface area contributed by atoms with E-state index in [2.05, 4.69) is 30.7 Å². The van der Waals surface area contributed by atoms with E-state index in [1.54, 1.807) is 17.1 Å². The van der Waals surface area contributed by atoms with Crippen molar-refractivity contribution >= 4 is 11.5 Å². The lowest BCUT2D eigenvalue weighted by atomic mass is 10.0. The maximum absolute atomic E-state index is 5.49. The molecule has 4 heterocycles. The molecule has 9 nitrogen and oxygen atoms in total. The molecule has 1 atom stereocenters. The number of allylic oxidation sites excluding steroid dienone is 2. The van der Waals surface area contributed by atoms with Gasteiger partial charge in [0, 0.05) is 30.7 Å². The summed E-state index contributed by atoms with van der Waals surface area (Å²) < 4.78 is 7.23. The Morgan fingerprint density at radius 1 is 1.22 bits per heavy atom. The molecule has 0 bridgehead atoms. The Hall–Kier alpha value is -3.10. The van der Waals surface area contributed by atoms with Crippen molar-refractivity contribution in [2.75, 3.05) is 11.9 Å². The molecule has 1 unspecified atom stereocenters. The summed E-state index contributed by atoms with van der Waals surface area (Å²) in [6.07, 6.45) is 3.39. The lowest BCUT2D eigenvalue weighted by Crippen LogP contribution is -2.29. The van der Waals surface area contributed by atoms with Gasteiger partial charge in [-0.1, -0.05) is 10.3 Å². The fourth-order valence-corrected chi connectivity index (χ4v) is 2.70. The molecule has 23 heavy (non-hydrogen) atoms. The standard InChI is InChI=1S/C14H14N8O/c1-8-11(9(2)22-14(21(8)3)17-19-20-22)13-16-12(18-23-13)10-4-6-15-7-5-10/h4-7,9H,1-3H3. The number of hydrogen-bond donors (Lipinski definition) is 0. The molecule has 1 aliphatic rings. The molecule has 3 aromatic heterocycles. The van der Waals surface area contributed by atoms with Crippen LogP contribution in [0.4, 0.5) is 5.95 Å². The summed E-state index contributed by atoms with van der Waals surface area (Å²) in [6.45, 7) is 3.99. The van der Waals surface area contributed by atoms with Gasteiger partial charge in [0.05, 0.1) is 11.6 Å². The van der Waals surface area contributed by atoms with Crippen LogP contribution in [0.3, 0.4) is 0 Å². The van der Waals surface area contributed by atoms with Crippen LogP contribution >= 0.6 is 0 Å². The first-order valence-electron chi connectivity index (χ1n) is 7.13. The molecular formula is C14H14N8O. The predicted octanol–water partition coefficient (Wildman–Crippen LogP) is 1.56. The van der Waals surface area contributed by atoms with Crippen LogP contribution in [0.15, 0.2) is 34.7 Å². The minimum Gasteiger partial charge on any atom is -0.334 e. The summed E-state index contributed by atoms with van der Waals surface area (Å²) in [4.78, 5) is 10.4. The zero-order valence-corrected chi connectivity index (χ0v) is 12.9. The molecule has 0 spiro atoms. The first-order chi connectivity index (χ1) is 11.2. The molecule has 4 rings (SSSR count). The summed E-state index contributed by atoms with van der Waals surface area (Å²) in [5.41, 5.74) is 2.73. The Morgan fingerprint density at radius 2 is 2.00 bits per heavy atom. The molecule has 0 radical (unpaired) electrons. The van der Waals surface area contributed by atoms with Gasteiger partial charge in [-0.15, -0.1) is 0 Å². The van der Waals surface area contributed by atoms with Gasteiger partial charge in [-0.05, 0) is 36.4 Å². The van der Waals surface area contributed by atoms with Gasteiger partial charge in [0.2, 0.25) is 11.8 Å². The number of pyridine rings is 1. The van der Waals surface area contributed by atoms with Crippen LogP contribution in [0.2, 0.25) is 0 Å². The highest BCUT2D eigenvalue weighted by Crippen LogP contribution is 2.37. The molecule has 0 fully saturated rings. The molecule has 116 valence electrons. The maximum atomic E-state index is 5.49. The Bertz CT molecular complexity index is 881. The van der Waals surface area contributed by atoms with Crippen molar-refractivity contribution in [3.05, 3.63) is 36.1 Å². The number of hydrogen-bond acceptors (Lipinski definition) is 8. The van der Waals surface area contributed by atoms with Crippen LogP contribution in [0.5, 0.6) is 0 Å². The number of anilines is 1. The molecule has 9 heteroatoms. The summed E-state index contributed by atoms with van der Waals surface area (Å²) in [6, 6.07) is 3.58. The third kappa shape index (κ3) is 2.00. The summed E-state index contributed by atoms with van der Waals surface area (Å²) in [5.74, 6) is 1.68. The van der Waals surface area contributed by atoms with E-state index in [0.717, 1.165) is 16.8 Å². The van der Waals surface area contributed by atoms with Crippen molar-refractivity contribution in [1.82, 2.24) is 35.3 Å². The molecule has 0 N–H and O–H groups in total. The molecule has 0 saturated heterocycles. The van der Waals surface area contributed by atoms with Crippen LogP contribution in [0.1, 0.15) is 25.8 Å². The van der Waals surface area contributed by atoms with Gasteiger partial charge in [-0.2, -0.15) is 4.98 Å².